The number of nitrogens with zero attached hydrogens (tertiary/aromatic N) is 1. The average Bonchev–Trinajstić information content (AvgIpc) is 3.59. The third-order valence-electron chi connectivity index (χ3n) is 6.53. The van der Waals surface area contributed by atoms with Gasteiger partial charge in [-0.05, 0) is 65.2 Å². The van der Waals surface area contributed by atoms with Crippen molar-refractivity contribution in [3.05, 3.63) is 120 Å². The first-order valence-electron chi connectivity index (χ1n) is 12.0. The number of halogens is 1. The van der Waals surface area contributed by atoms with Gasteiger partial charge in [0.2, 0.25) is 5.90 Å². The molecule has 6 heteroatoms. The lowest BCUT2D eigenvalue weighted by Gasteiger charge is -2.06. The Morgan fingerprint density at radius 3 is 2.38 bits per heavy atom. The van der Waals surface area contributed by atoms with Gasteiger partial charge in [0.05, 0.1) is 5.56 Å². The van der Waals surface area contributed by atoms with Gasteiger partial charge in [0.1, 0.15) is 29.8 Å². The van der Waals surface area contributed by atoms with Gasteiger partial charge in [0.15, 0.2) is 0 Å². The Morgan fingerprint density at radius 1 is 0.865 bits per heavy atom. The number of amides is 1. The van der Waals surface area contributed by atoms with Crippen molar-refractivity contribution in [1.82, 2.24) is 5.32 Å². The van der Waals surface area contributed by atoms with Crippen molar-refractivity contribution in [3.63, 3.8) is 0 Å². The molecule has 5 nitrogen and oxygen atoms in total. The third-order valence-corrected chi connectivity index (χ3v) is 6.53. The molecule has 1 N–H and O–H groups in total. The summed E-state index contributed by atoms with van der Waals surface area (Å²) < 4.78 is 25.5. The predicted molar refractivity (Wildman–Crippen MR) is 142 cm³/mol. The monoisotopic (exact) mass is 490 g/mol. The van der Waals surface area contributed by atoms with Crippen LogP contribution in [0.5, 0.6) is 0 Å². The first-order valence-corrected chi connectivity index (χ1v) is 12.0. The second kappa shape index (κ2) is 9.39. The van der Waals surface area contributed by atoms with Crippen molar-refractivity contribution in [2.45, 2.75) is 6.04 Å². The maximum atomic E-state index is 13.5. The van der Waals surface area contributed by atoms with Gasteiger partial charge in [-0.3, -0.25) is 4.79 Å². The predicted octanol–water partition coefficient (Wildman–Crippen LogP) is 6.78. The van der Waals surface area contributed by atoms with Gasteiger partial charge in [-0.2, -0.15) is 0 Å². The van der Waals surface area contributed by atoms with Crippen LogP contribution in [-0.2, 0) is 4.74 Å². The molecule has 1 aliphatic rings. The van der Waals surface area contributed by atoms with Gasteiger partial charge in [0.25, 0.3) is 5.91 Å². The van der Waals surface area contributed by atoms with Crippen LogP contribution >= 0.6 is 0 Å². The third kappa shape index (κ3) is 4.27. The molecule has 1 aliphatic heterocycles. The average molecular weight is 491 g/mol. The van der Waals surface area contributed by atoms with E-state index < -0.39 is 0 Å². The molecule has 1 amide bonds. The van der Waals surface area contributed by atoms with Crippen molar-refractivity contribution in [2.75, 3.05) is 13.7 Å². The first kappa shape index (κ1) is 22.7. The van der Waals surface area contributed by atoms with Crippen LogP contribution in [0.3, 0.4) is 0 Å². The van der Waals surface area contributed by atoms with Gasteiger partial charge in [-0.25, -0.2) is 9.38 Å². The van der Waals surface area contributed by atoms with E-state index in [1.807, 2.05) is 60.7 Å². The molecule has 1 unspecified atom stereocenters. The molecule has 0 bridgehead atoms. The standard InChI is InChI=1S/C31H23FN2O3/c1-33-30(35)28-25-17-22(12-15-27(25)37-29(28)20-10-13-24(32)14-11-20)21-8-5-9-23(16-21)31-34-26(18-36-31)19-6-3-2-4-7-19/h2-17,26H,18H2,1H3,(H,33,35). The zero-order chi connectivity index (χ0) is 25.4. The van der Waals surface area contributed by atoms with Crippen molar-refractivity contribution < 1.29 is 18.3 Å². The maximum absolute atomic E-state index is 13.5. The number of aliphatic imine (C=N–C) groups is 1. The Labute approximate surface area is 213 Å². The molecule has 4 aromatic carbocycles. The minimum absolute atomic E-state index is 0.0258. The minimum atomic E-state index is -0.352. The number of furan rings is 1. The molecule has 1 atom stereocenters. The Kier molecular flexibility index (Phi) is 5.77. The van der Waals surface area contributed by atoms with Gasteiger partial charge >= 0.3 is 0 Å². The Balaban J connectivity index is 1.39. The highest BCUT2D eigenvalue weighted by Gasteiger charge is 2.23. The zero-order valence-electron chi connectivity index (χ0n) is 20.1. The molecule has 2 heterocycles. The van der Waals surface area contributed by atoms with Gasteiger partial charge in [-0.1, -0.05) is 48.5 Å². The minimum Gasteiger partial charge on any atom is -0.475 e. The first-order chi connectivity index (χ1) is 18.1. The van der Waals surface area contributed by atoms with Crippen LogP contribution < -0.4 is 5.32 Å². The second-order valence-corrected chi connectivity index (χ2v) is 8.86. The molecule has 0 fully saturated rings. The van der Waals surface area contributed by atoms with Crippen molar-refractivity contribution in [1.29, 1.82) is 0 Å². The number of rotatable bonds is 5. The number of nitrogens with one attached hydrogen (secondary N) is 1. The topological polar surface area (TPSA) is 63.8 Å². The van der Waals surface area contributed by atoms with Gasteiger partial charge in [-0.15, -0.1) is 0 Å². The van der Waals surface area contributed by atoms with E-state index >= 15 is 0 Å². The van der Waals surface area contributed by atoms with Crippen molar-refractivity contribution >= 4 is 22.8 Å². The van der Waals surface area contributed by atoms with Crippen LogP contribution in [0.25, 0.3) is 33.4 Å². The van der Waals surface area contributed by atoms with E-state index in [2.05, 4.69) is 17.4 Å². The largest absolute Gasteiger partial charge is 0.475 e. The van der Waals surface area contributed by atoms with E-state index in [-0.39, 0.29) is 17.8 Å². The van der Waals surface area contributed by atoms with Crippen LogP contribution in [0.15, 0.2) is 106 Å². The van der Waals surface area contributed by atoms with Crippen molar-refractivity contribution in [2.24, 2.45) is 4.99 Å². The smallest absolute Gasteiger partial charge is 0.255 e. The van der Waals surface area contributed by atoms with Crippen molar-refractivity contribution in [3.8, 4) is 22.5 Å². The maximum Gasteiger partial charge on any atom is 0.255 e. The molecule has 37 heavy (non-hydrogen) atoms. The van der Waals surface area contributed by atoms with E-state index in [9.17, 15) is 9.18 Å². The van der Waals surface area contributed by atoms with E-state index in [1.54, 1.807) is 19.2 Å². The molecule has 0 spiro atoms. The highest BCUT2D eigenvalue weighted by Crippen LogP contribution is 2.36. The second-order valence-electron chi connectivity index (χ2n) is 8.86. The fraction of sp³-hybridized carbons (Fsp3) is 0.0968. The summed E-state index contributed by atoms with van der Waals surface area (Å²) in [6.07, 6.45) is 0. The highest BCUT2D eigenvalue weighted by atomic mass is 19.1. The fourth-order valence-corrected chi connectivity index (χ4v) is 4.64. The molecule has 182 valence electrons. The normalized spacial score (nSPS) is 14.9. The Morgan fingerprint density at radius 2 is 1.59 bits per heavy atom. The molecule has 5 aromatic rings. The summed E-state index contributed by atoms with van der Waals surface area (Å²) in [7, 11) is 1.58. The van der Waals surface area contributed by atoms with Gasteiger partial charge < -0.3 is 14.5 Å². The van der Waals surface area contributed by atoms with Gasteiger partial charge in [0, 0.05) is 23.6 Å². The number of benzene rings is 4. The molecule has 0 aliphatic carbocycles. The lowest BCUT2D eigenvalue weighted by atomic mass is 9.99. The summed E-state index contributed by atoms with van der Waals surface area (Å²) in [6, 6.07) is 29.7. The number of ether oxygens (including phenoxy) is 1. The van der Waals surface area contributed by atoms with E-state index in [4.69, 9.17) is 14.1 Å². The molecule has 0 radical (unpaired) electrons. The number of carbonyl (C=O) groups is 1. The van der Waals surface area contributed by atoms with E-state index in [0.717, 1.165) is 22.3 Å². The molecule has 0 saturated heterocycles. The number of hydrogen-bond donors (Lipinski definition) is 1. The SMILES string of the molecule is CNC(=O)c1c(-c2ccc(F)cc2)oc2ccc(-c3cccc(C4=NC(c5ccccc5)CO4)c3)cc12. The summed E-state index contributed by atoms with van der Waals surface area (Å²) in [6.45, 7) is 0.506. The van der Waals surface area contributed by atoms with Crippen LogP contribution in [-0.4, -0.2) is 25.5 Å². The van der Waals surface area contributed by atoms with Crippen LogP contribution in [0.1, 0.15) is 27.5 Å². The van der Waals surface area contributed by atoms with Crippen LogP contribution in [0.2, 0.25) is 0 Å². The lowest BCUT2D eigenvalue weighted by Crippen LogP contribution is -2.18. The van der Waals surface area contributed by atoms with Crippen LogP contribution in [0, 0.1) is 5.82 Å². The summed E-state index contributed by atoms with van der Waals surface area (Å²) in [5.74, 6) is 0.393. The molecular formula is C31H23FN2O3. The van der Waals surface area contributed by atoms with E-state index in [1.165, 1.54) is 12.1 Å². The summed E-state index contributed by atoms with van der Waals surface area (Å²) in [5, 5.41) is 3.38. The van der Waals surface area contributed by atoms with E-state index in [0.29, 0.717) is 40.4 Å². The lowest BCUT2D eigenvalue weighted by molar-refractivity contribution is 0.0964. The summed E-state index contributed by atoms with van der Waals surface area (Å²) >= 11 is 0. The summed E-state index contributed by atoms with van der Waals surface area (Å²) in [5.41, 5.74) is 5.51. The number of fused-ring (bicyclic) bond motifs is 1. The Bertz CT molecular complexity index is 1640. The molecule has 1 aromatic heterocycles. The summed E-state index contributed by atoms with van der Waals surface area (Å²) in [4.78, 5) is 17.7. The number of hydrogen-bond acceptors (Lipinski definition) is 4. The van der Waals surface area contributed by atoms with Crippen LogP contribution in [0.4, 0.5) is 4.39 Å². The number of carbonyl (C=O) groups excluding carboxylic acids is 1. The Hall–Kier alpha value is -4.71. The fourth-order valence-electron chi connectivity index (χ4n) is 4.64. The molecular weight excluding hydrogens is 467 g/mol. The molecule has 6 rings (SSSR count). The zero-order valence-corrected chi connectivity index (χ0v) is 20.1. The quantitative estimate of drug-likeness (QED) is 0.295. The molecule has 0 saturated carbocycles. The highest BCUT2D eigenvalue weighted by molar-refractivity contribution is 6.11.